The molecule has 0 bridgehead atoms. The molecule has 1 heterocycles. The van der Waals surface area contributed by atoms with E-state index in [1.54, 1.807) is 6.92 Å². The number of hydrogen-bond donors (Lipinski definition) is 1. The van der Waals surface area contributed by atoms with Gasteiger partial charge in [0, 0.05) is 0 Å². The Balaban J connectivity index is 2.17. The third-order valence-electron chi connectivity index (χ3n) is 1.23. The van der Waals surface area contributed by atoms with Crippen molar-refractivity contribution in [1.82, 2.24) is 0 Å². The molecule has 1 fully saturated rings. The zero-order valence-corrected chi connectivity index (χ0v) is 6.64. The largest absolute Gasteiger partial charge is 0.457 e. The second-order valence-corrected chi connectivity index (χ2v) is 3.05. The molecule has 3 nitrogen and oxygen atoms in total. The molecular formula is C6H10O3S. The fraction of sp³-hybridized carbons (Fsp3) is 0.833. The van der Waals surface area contributed by atoms with E-state index in [2.05, 4.69) is 12.6 Å². The number of ether oxygens (including phenoxy) is 2. The Morgan fingerprint density at radius 1 is 1.80 bits per heavy atom. The van der Waals surface area contributed by atoms with Gasteiger partial charge < -0.3 is 9.47 Å². The number of thiol groups is 1. The van der Waals surface area contributed by atoms with E-state index in [0.29, 0.717) is 13.2 Å². The highest BCUT2D eigenvalue weighted by Crippen LogP contribution is 2.07. The van der Waals surface area contributed by atoms with E-state index in [1.165, 1.54) is 0 Å². The van der Waals surface area contributed by atoms with Crippen molar-refractivity contribution in [1.29, 1.82) is 0 Å². The first-order valence-electron chi connectivity index (χ1n) is 3.16. The first kappa shape index (κ1) is 7.88. The van der Waals surface area contributed by atoms with Crippen LogP contribution in [0.15, 0.2) is 0 Å². The van der Waals surface area contributed by atoms with Gasteiger partial charge in [-0.2, -0.15) is 12.6 Å². The zero-order valence-electron chi connectivity index (χ0n) is 5.74. The van der Waals surface area contributed by atoms with Crippen molar-refractivity contribution in [2.45, 2.75) is 18.3 Å². The summed E-state index contributed by atoms with van der Waals surface area (Å²) < 4.78 is 9.72. The van der Waals surface area contributed by atoms with Crippen molar-refractivity contribution < 1.29 is 14.3 Å². The Morgan fingerprint density at radius 3 is 2.70 bits per heavy atom. The Hall–Kier alpha value is -0.220. The van der Waals surface area contributed by atoms with Gasteiger partial charge in [0.1, 0.15) is 6.10 Å². The molecule has 10 heavy (non-hydrogen) atoms. The van der Waals surface area contributed by atoms with Gasteiger partial charge in [0.2, 0.25) is 0 Å². The van der Waals surface area contributed by atoms with Crippen LogP contribution in [0.25, 0.3) is 0 Å². The van der Waals surface area contributed by atoms with Gasteiger partial charge in [0.05, 0.1) is 18.5 Å². The van der Waals surface area contributed by atoms with Gasteiger partial charge in [-0.3, -0.25) is 4.79 Å². The summed E-state index contributed by atoms with van der Waals surface area (Å²) in [6, 6.07) is 0. The lowest BCUT2D eigenvalue weighted by Crippen LogP contribution is -2.39. The molecular weight excluding hydrogens is 152 g/mol. The third-order valence-corrected chi connectivity index (χ3v) is 1.44. The molecule has 4 heteroatoms. The first-order valence-corrected chi connectivity index (χ1v) is 3.68. The lowest BCUT2D eigenvalue weighted by atomic mass is 10.3. The lowest BCUT2D eigenvalue weighted by molar-refractivity contribution is -0.171. The normalized spacial score (nSPS) is 21.4. The van der Waals surface area contributed by atoms with Crippen LogP contribution >= 0.6 is 12.6 Å². The van der Waals surface area contributed by atoms with Crippen molar-refractivity contribution in [3.63, 3.8) is 0 Å². The molecule has 0 spiro atoms. The van der Waals surface area contributed by atoms with Crippen LogP contribution in [0.3, 0.4) is 0 Å². The van der Waals surface area contributed by atoms with E-state index in [1.807, 2.05) is 0 Å². The monoisotopic (exact) mass is 162 g/mol. The minimum Gasteiger partial charge on any atom is -0.457 e. The zero-order chi connectivity index (χ0) is 7.56. The van der Waals surface area contributed by atoms with Crippen LogP contribution in [0.5, 0.6) is 0 Å². The van der Waals surface area contributed by atoms with E-state index in [4.69, 9.17) is 9.47 Å². The molecule has 0 amide bonds. The fourth-order valence-corrected chi connectivity index (χ4v) is 0.606. The van der Waals surface area contributed by atoms with Crippen LogP contribution in [-0.4, -0.2) is 30.5 Å². The summed E-state index contributed by atoms with van der Waals surface area (Å²) in [5, 5.41) is -0.333. The smallest absolute Gasteiger partial charge is 0.318 e. The molecule has 58 valence electrons. The maximum absolute atomic E-state index is 10.8. The average molecular weight is 162 g/mol. The predicted molar refractivity (Wildman–Crippen MR) is 39.1 cm³/mol. The van der Waals surface area contributed by atoms with Gasteiger partial charge in [-0.15, -0.1) is 0 Å². The quantitative estimate of drug-likeness (QED) is 0.467. The summed E-state index contributed by atoms with van der Waals surface area (Å²) in [5.74, 6) is -0.267. The SMILES string of the molecule is CC(S)C(=O)OC1COC1. The number of rotatable bonds is 2. The molecule has 1 aliphatic rings. The molecule has 0 N–H and O–H groups in total. The predicted octanol–water partition coefficient (Wildman–Crippen LogP) is 0.247. The molecule has 1 rings (SSSR count). The molecule has 0 aromatic heterocycles. The molecule has 1 saturated heterocycles. The summed E-state index contributed by atoms with van der Waals surface area (Å²) in [5.41, 5.74) is 0. The van der Waals surface area contributed by atoms with E-state index >= 15 is 0 Å². The molecule has 0 aliphatic carbocycles. The highest BCUT2D eigenvalue weighted by Gasteiger charge is 2.23. The maximum Gasteiger partial charge on any atom is 0.318 e. The number of carbonyl (C=O) groups excluding carboxylic acids is 1. The molecule has 0 radical (unpaired) electrons. The van der Waals surface area contributed by atoms with Crippen LogP contribution in [-0.2, 0) is 14.3 Å². The molecule has 1 atom stereocenters. The Kier molecular flexibility index (Phi) is 2.56. The Bertz CT molecular complexity index is 131. The van der Waals surface area contributed by atoms with Crippen LogP contribution in [0.1, 0.15) is 6.92 Å². The number of carbonyl (C=O) groups is 1. The Morgan fingerprint density at radius 2 is 2.40 bits per heavy atom. The third kappa shape index (κ3) is 1.88. The fourth-order valence-electron chi connectivity index (χ4n) is 0.545. The van der Waals surface area contributed by atoms with Crippen molar-refractivity contribution in [2.24, 2.45) is 0 Å². The van der Waals surface area contributed by atoms with E-state index in [9.17, 15) is 4.79 Å². The molecule has 0 saturated carbocycles. The van der Waals surface area contributed by atoms with Crippen LogP contribution in [0, 0.1) is 0 Å². The topological polar surface area (TPSA) is 35.5 Å². The molecule has 1 unspecified atom stereocenters. The van der Waals surface area contributed by atoms with Gasteiger partial charge in [-0.25, -0.2) is 0 Å². The maximum atomic E-state index is 10.8. The summed E-state index contributed by atoms with van der Waals surface area (Å²) >= 11 is 3.92. The van der Waals surface area contributed by atoms with Gasteiger partial charge in [0.15, 0.2) is 0 Å². The van der Waals surface area contributed by atoms with Crippen LogP contribution in [0.4, 0.5) is 0 Å². The van der Waals surface area contributed by atoms with Gasteiger partial charge in [-0.05, 0) is 6.92 Å². The minimum atomic E-state index is -0.333. The molecule has 0 aromatic rings. The second-order valence-electron chi connectivity index (χ2n) is 2.27. The summed E-state index contributed by atoms with van der Waals surface area (Å²) in [6.07, 6.45) is -0.0258. The van der Waals surface area contributed by atoms with Gasteiger partial charge >= 0.3 is 5.97 Å². The van der Waals surface area contributed by atoms with Crippen LogP contribution < -0.4 is 0 Å². The highest BCUT2D eigenvalue weighted by atomic mass is 32.1. The van der Waals surface area contributed by atoms with Crippen molar-refractivity contribution in [3.05, 3.63) is 0 Å². The first-order chi connectivity index (χ1) is 4.70. The van der Waals surface area contributed by atoms with Crippen LogP contribution in [0.2, 0.25) is 0 Å². The highest BCUT2D eigenvalue weighted by molar-refractivity contribution is 7.81. The van der Waals surface area contributed by atoms with Gasteiger partial charge in [-0.1, -0.05) is 0 Å². The summed E-state index contributed by atoms with van der Waals surface area (Å²) in [6.45, 7) is 2.75. The van der Waals surface area contributed by atoms with Gasteiger partial charge in [0.25, 0.3) is 0 Å². The van der Waals surface area contributed by atoms with E-state index < -0.39 is 0 Å². The number of hydrogen-bond acceptors (Lipinski definition) is 4. The van der Waals surface area contributed by atoms with E-state index in [0.717, 1.165) is 0 Å². The lowest BCUT2D eigenvalue weighted by Gasteiger charge is -2.26. The number of esters is 1. The standard InChI is InChI=1S/C6H10O3S/c1-4(10)6(7)9-5-2-8-3-5/h4-5,10H,2-3H2,1H3. The second kappa shape index (κ2) is 3.25. The molecule has 1 aliphatic heterocycles. The summed E-state index contributed by atoms with van der Waals surface area (Å²) in [7, 11) is 0. The average Bonchev–Trinajstić information content (AvgIpc) is 1.77. The molecule has 0 aromatic carbocycles. The van der Waals surface area contributed by atoms with E-state index in [-0.39, 0.29) is 17.3 Å². The van der Waals surface area contributed by atoms with Crippen molar-refractivity contribution in [3.8, 4) is 0 Å². The summed E-state index contributed by atoms with van der Waals surface area (Å²) in [4.78, 5) is 10.8. The Labute approximate surface area is 65.1 Å². The van der Waals surface area contributed by atoms with Crippen molar-refractivity contribution >= 4 is 18.6 Å². The minimum absolute atomic E-state index is 0.0258. The van der Waals surface area contributed by atoms with Crippen molar-refractivity contribution in [2.75, 3.05) is 13.2 Å².